The van der Waals surface area contributed by atoms with Crippen molar-refractivity contribution in [2.45, 2.75) is 25.9 Å². The van der Waals surface area contributed by atoms with E-state index in [4.69, 9.17) is 10.8 Å². The van der Waals surface area contributed by atoms with Gasteiger partial charge in [0.25, 0.3) is 0 Å². The highest BCUT2D eigenvalue weighted by Gasteiger charge is 2.05. The number of urea groups is 1. The number of anilines is 2. The summed E-state index contributed by atoms with van der Waals surface area (Å²) < 4.78 is 0. The van der Waals surface area contributed by atoms with Crippen molar-refractivity contribution < 1.29 is 14.7 Å². The van der Waals surface area contributed by atoms with Crippen LogP contribution >= 0.6 is 0 Å². The van der Waals surface area contributed by atoms with Crippen LogP contribution in [0.15, 0.2) is 24.3 Å². The summed E-state index contributed by atoms with van der Waals surface area (Å²) in [7, 11) is 0. The smallest absolute Gasteiger partial charge is 0.316 e. The minimum atomic E-state index is -0.635. The van der Waals surface area contributed by atoms with Crippen molar-refractivity contribution in [3.8, 4) is 0 Å². The van der Waals surface area contributed by atoms with Gasteiger partial charge in [0, 0.05) is 17.8 Å². The Morgan fingerprint density at radius 2 is 1.72 bits per heavy atom. The van der Waals surface area contributed by atoms with Crippen LogP contribution < -0.4 is 16.4 Å². The van der Waals surface area contributed by atoms with E-state index in [1.807, 2.05) is 0 Å². The number of carbonyl (C=O) groups is 2. The Kier molecular flexibility index (Phi) is 5.13. The van der Waals surface area contributed by atoms with Gasteiger partial charge in [-0.15, -0.1) is 0 Å². The second kappa shape index (κ2) is 6.61. The lowest BCUT2D eigenvalue weighted by molar-refractivity contribution is -0.116. The molecule has 1 rings (SSSR count). The number of amides is 3. The number of carbonyl (C=O) groups excluding carboxylic acids is 2. The lowest BCUT2D eigenvalue weighted by Crippen LogP contribution is -2.19. The molecule has 0 aliphatic carbocycles. The second-order valence-electron chi connectivity index (χ2n) is 4.00. The van der Waals surface area contributed by atoms with Crippen molar-refractivity contribution in [1.82, 2.24) is 0 Å². The third-order valence-electron chi connectivity index (χ3n) is 2.23. The quantitative estimate of drug-likeness (QED) is 0.633. The summed E-state index contributed by atoms with van der Waals surface area (Å²) in [5.74, 6) is -0.161. The maximum absolute atomic E-state index is 11.5. The molecule has 18 heavy (non-hydrogen) atoms. The van der Waals surface area contributed by atoms with Gasteiger partial charge in [0.15, 0.2) is 0 Å². The number of hydrogen-bond donors (Lipinski definition) is 4. The molecular weight excluding hydrogens is 234 g/mol. The zero-order valence-corrected chi connectivity index (χ0v) is 10.1. The van der Waals surface area contributed by atoms with E-state index < -0.39 is 12.1 Å². The average molecular weight is 251 g/mol. The first-order valence-electron chi connectivity index (χ1n) is 5.62. The maximum atomic E-state index is 11.5. The van der Waals surface area contributed by atoms with Crippen LogP contribution in [0.4, 0.5) is 16.2 Å². The summed E-state index contributed by atoms with van der Waals surface area (Å²) in [5, 5.41) is 14.2. The lowest BCUT2D eigenvalue weighted by Gasteiger charge is -2.07. The van der Waals surface area contributed by atoms with Crippen LogP contribution in [-0.4, -0.2) is 23.1 Å². The topological polar surface area (TPSA) is 104 Å². The van der Waals surface area contributed by atoms with Crippen LogP contribution in [0, 0.1) is 0 Å². The van der Waals surface area contributed by atoms with Gasteiger partial charge in [-0.1, -0.05) is 0 Å². The molecule has 6 nitrogen and oxygen atoms in total. The van der Waals surface area contributed by atoms with Crippen LogP contribution in [0.25, 0.3) is 0 Å². The van der Waals surface area contributed by atoms with E-state index >= 15 is 0 Å². The zero-order valence-electron chi connectivity index (χ0n) is 10.1. The molecule has 5 N–H and O–H groups in total. The summed E-state index contributed by atoms with van der Waals surface area (Å²) in [4.78, 5) is 22.1. The zero-order chi connectivity index (χ0) is 13.5. The van der Waals surface area contributed by atoms with Crippen molar-refractivity contribution in [3.05, 3.63) is 24.3 Å². The van der Waals surface area contributed by atoms with E-state index in [9.17, 15) is 9.59 Å². The van der Waals surface area contributed by atoms with E-state index in [1.54, 1.807) is 31.2 Å². The van der Waals surface area contributed by atoms with Gasteiger partial charge in [-0.05, 0) is 37.6 Å². The summed E-state index contributed by atoms with van der Waals surface area (Å²) in [6, 6.07) is 5.95. The van der Waals surface area contributed by atoms with Crippen LogP contribution in [0.3, 0.4) is 0 Å². The first kappa shape index (κ1) is 14.0. The minimum Gasteiger partial charge on any atom is -0.393 e. The van der Waals surface area contributed by atoms with E-state index in [2.05, 4.69) is 10.6 Å². The monoisotopic (exact) mass is 251 g/mol. The van der Waals surface area contributed by atoms with E-state index in [-0.39, 0.29) is 12.3 Å². The Balaban J connectivity index is 2.48. The molecule has 0 aliphatic heterocycles. The third-order valence-corrected chi connectivity index (χ3v) is 2.23. The van der Waals surface area contributed by atoms with Gasteiger partial charge in [-0.2, -0.15) is 0 Å². The van der Waals surface area contributed by atoms with E-state index in [0.717, 1.165) is 0 Å². The summed E-state index contributed by atoms with van der Waals surface area (Å²) >= 11 is 0. The first-order chi connectivity index (χ1) is 8.47. The average Bonchev–Trinajstić information content (AvgIpc) is 2.28. The third kappa shape index (κ3) is 5.31. The van der Waals surface area contributed by atoms with Gasteiger partial charge in [0.2, 0.25) is 5.91 Å². The molecule has 0 saturated carbocycles. The molecule has 1 atom stereocenters. The number of primary amides is 1. The standard InChI is InChI=1S/C12H17N3O3/c1-8(16)2-7-11(17)14-9-3-5-10(6-4-9)15-12(13)18/h3-6,8,16H,2,7H2,1H3,(H,14,17)(H3,13,15,18). The fraction of sp³-hybridized carbons (Fsp3) is 0.333. The fourth-order valence-corrected chi connectivity index (χ4v) is 1.34. The number of rotatable bonds is 5. The van der Waals surface area contributed by atoms with Crippen molar-refractivity contribution >= 4 is 23.3 Å². The fourth-order valence-electron chi connectivity index (χ4n) is 1.34. The highest BCUT2D eigenvalue weighted by molar-refractivity contribution is 5.91. The molecule has 0 radical (unpaired) electrons. The molecule has 98 valence electrons. The largest absolute Gasteiger partial charge is 0.393 e. The van der Waals surface area contributed by atoms with Gasteiger partial charge >= 0.3 is 6.03 Å². The molecule has 0 aliphatic rings. The van der Waals surface area contributed by atoms with E-state index in [1.165, 1.54) is 0 Å². The van der Waals surface area contributed by atoms with Gasteiger partial charge < -0.3 is 21.5 Å². The molecule has 0 fully saturated rings. The molecule has 6 heteroatoms. The van der Waals surface area contributed by atoms with Crippen molar-refractivity contribution in [2.24, 2.45) is 5.73 Å². The number of aliphatic hydroxyl groups excluding tert-OH is 1. The number of aliphatic hydroxyl groups is 1. The van der Waals surface area contributed by atoms with Crippen LogP contribution in [0.5, 0.6) is 0 Å². The molecule has 3 amide bonds. The van der Waals surface area contributed by atoms with Crippen LogP contribution in [0.1, 0.15) is 19.8 Å². The van der Waals surface area contributed by atoms with E-state index in [0.29, 0.717) is 17.8 Å². The number of nitrogens with two attached hydrogens (primary N) is 1. The SMILES string of the molecule is CC(O)CCC(=O)Nc1ccc(NC(N)=O)cc1. The first-order valence-corrected chi connectivity index (χ1v) is 5.62. The highest BCUT2D eigenvalue weighted by atomic mass is 16.3. The number of nitrogens with one attached hydrogen (secondary N) is 2. The molecule has 0 aromatic heterocycles. The predicted octanol–water partition coefficient (Wildman–Crippen LogP) is 1.28. The minimum absolute atomic E-state index is 0.161. The molecular formula is C12H17N3O3. The molecule has 1 aromatic rings. The van der Waals surface area contributed by atoms with Gasteiger partial charge in [0.1, 0.15) is 0 Å². The predicted molar refractivity (Wildman–Crippen MR) is 69.2 cm³/mol. The number of benzene rings is 1. The summed E-state index contributed by atoms with van der Waals surface area (Å²) in [6.07, 6.45) is 0.199. The van der Waals surface area contributed by atoms with Crippen LogP contribution in [-0.2, 0) is 4.79 Å². The van der Waals surface area contributed by atoms with Crippen molar-refractivity contribution in [2.75, 3.05) is 10.6 Å². The highest BCUT2D eigenvalue weighted by Crippen LogP contribution is 2.13. The Morgan fingerprint density at radius 1 is 1.22 bits per heavy atom. The van der Waals surface area contributed by atoms with Crippen LogP contribution in [0.2, 0.25) is 0 Å². The van der Waals surface area contributed by atoms with Gasteiger partial charge in [-0.3, -0.25) is 4.79 Å². The molecule has 0 saturated heterocycles. The number of hydrogen-bond acceptors (Lipinski definition) is 3. The van der Waals surface area contributed by atoms with Crippen molar-refractivity contribution in [1.29, 1.82) is 0 Å². The molecule has 0 spiro atoms. The summed E-state index contributed by atoms with van der Waals surface area (Å²) in [5.41, 5.74) is 6.15. The lowest BCUT2D eigenvalue weighted by atomic mass is 10.2. The Morgan fingerprint density at radius 3 is 2.17 bits per heavy atom. The summed E-state index contributed by atoms with van der Waals surface area (Å²) in [6.45, 7) is 1.64. The Labute approximate surface area is 105 Å². The molecule has 1 unspecified atom stereocenters. The maximum Gasteiger partial charge on any atom is 0.316 e. The molecule has 0 heterocycles. The van der Waals surface area contributed by atoms with Gasteiger partial charge in [0.05, 0.1) is 6.10 Å². The normalized spacial score (nSPS) is 11.7. The molecule has 0 bridgehead atoms. The second-order valence-corrected chi connectivity index (χ2v) is 4.00. The molecule has 1 aromatic carbocycles. The van der Waals surface area contributed by atoms with Gasteiger partial charge in [-0.25, -0.2) is 4.79 Å². The Hall–Kier alpha value is -2.08. The Bertz CT molecular complexity index is 415. The van der Waals surface area contributed by atoms with Crippen molar-refractivity contribution in [3.63, 3.8) is 0 Å².